The molecule has 1 amide bonds. The Morgan fingerprint density at radius 2 is 1.94 bits per heavy atom. The van der Waals surface area contributed by atoms with Gasteiger partial charge >= 0.3 is 0 Å². The highest BCUT2D eigenvalue weighted by molar-refractivity contribution is 5.92. The first-order chi connectivity index (χ1) is 16.0. The molecule has 4 heterocycles. The van der Waals surface area contributed by atoms with Gasteiger partial charge in [-0.3, -0.25) is 9.59 Å². The molecule has 1 aromatic carbocycles. The van der Waals surface area contributed by atoms with Crippen molar-refractivity contribution in [2.45, 2.75) is 57.9 Å². The minimum atomic E-state index is -0.472. The van der Waals surface area contributed by atoms with Crippen LogP contribution in [0.15, 0.2) is 35.1 Å². The van der Waals surface area contributed by atoms with Gasteiger partial charge in [0.2, 0.25) is 5.43 Å². The Hall–Kier alpha value is -3.36. The molecule has 0 spiro atoms. The van der Waals surface area contributed by atoms with Crippen molar-refractivity contribution < 1.29 is 9.18 Å². The number of benzene rings is 1. The Balaban J connectivity index is 1.43. The molecule has 1 saturated heterocycles. The number of carbonyl (C=O) groups is 1. The molecule has 0 aliphatic carbocycles. The van der Waals surface area contributed by atoms with Gasteiger partial charge in [-0.05, 0) is 44.7 Å². The van der Waals surface area contributed by atoms with Crippen molar-refractivity contribution in [3.05, 3.63) is 69.4 Å². The van der Waals surface area contributed by atoms with Crippen molar-refractivity contribution in [1.29, 1.82) is 0 Å². The first-order valence-electron chi connectivity index (χ1n) is 11.6. The van der Waals surface area contributed by atoms with Crippen LogP contribution in [0.25, 0.3) is 5.69 Å². The standard InChI is InChI=1S/C24H27FN6O2/c1-16-14-20(32)22(28-31(16)19-10-5-4-9-18(19)25)24(33)29-12-7-8-17(15-29)23-27-26-21-11-3-2-6-13-30(21)23/h4-5,9-10,14,17H,2-3,6-8,11-13,15H2,1H3. The number of carbonyl (C=O) groups excluding carboxylic acids is 1. The second-order valence-electron chi connectivity index (χ2n) is 8.89. The van der Waals surface area contributed by atoms with Gasteiger partial charge in [-0.25, -0.2) is 9.07 Å². The predicted octanol–water partition coefficient (Wildman–Crippen LogP) is 3.02. The molecule has 0 radical (unpaired) electrons. The minimum Gasteiger partial charge on any atom is -0.336 e. The zero-order chi connectivity index (χ0) is 22.9. The van der Waals surface area contributed by atoms with E-state index in [0.29, 0.717) is 18.8 Å². The number of aryl methyl sites for hydroxylation is 2. The van der Waals surface area contributed by atoms with Crippen molar-refractivity contribution in [2.75, 3.05) is 13.1 Å². The van der Waals surface area contributed by atoms with E-state index in [1.54, 1.807) is 30.0 Å². The Kier molecular flexibility index (Phi) is 5.78. The van der Waals surface area contributed by atoms with Gasteiger partial charge in [0, 0.05) is 43.7 Å². The van der Waals surface area contributed by atoms with Gasteiger partial charge in [0.15, 0.2) is 5.69 Å². The molecular weight excluding hydrogens is 423 g/mol. The average molecular weight is 451 g/mol. The molecule has 1 unspecified atom stereocenters. The van der Waals surface area contributed by atoms with E-state index in [0.717, 1.165) is 50.3 Å². The van der Waals surface area contributed by atoms with Crippen LogP contribution in [-0.2, 0) is 13.0 Å². The van der Waals surface area contributed by atoms with Crippen molar-refractivity contribution in [3.63, 3.8) is 0 Å². The number of hydrogen-bond donors (Lipinski definition) is 0. The summed E-state index contributed by atoms with van der Waals surface area (Å²) in [7, 11) is 0. The second-order valence-corrected chi connectivity index (χ2v) is 8.89. The first-order valence-corrected chi connectivity index (χ1v) is 11.6. The zero-order valence-corrected chi connectivity index (χ0v) is 18.7. The predicted molar refractivity (Wildman–Crippen MR) is 120 cm³/mol. The molecular formula is C24H27FN6O2. The molecule has 1 atom stereocenters. The number of halogens is 1. The molecule has 0 N–H and O–H groups in total. The highest BCUT2D eigenvalue weighted by Crippen LogP contribution is 2.28. The summed E-state index contributed by atoms with van der Waals surface area (Å²) < 4.78 is 17.9. The molecule has 9 heteroatoms. The largest absolute Gasteiger partial charge is 0.336 e. The van der Waals surface area contributed by atoms with E-state index >= 15 is 0 Å². The molecule has 8 nitrogen and oxygen atoms in total. The normalized spacial score (nSPS) is 18.6. The van der Waals surface area contributed by atoms with Crippen LogP contribution in [0.5, 0.6) is 0 Å². The van der Waals surface area contributed by atoms with Crippen LogP contribution in [0, 0.1) is 12.7 Å². The lowest BCUT2D eigenvalue weighted by molar-refractivity contribution is 0.0693. The smallest absolute Gasteiger partial charge is 0.278 e. The van der Waals surface area contributed by atoms with Crippen molar-refractivity contribution in [3.8, 4) is 5.69 Å². The summed E-state index contributed by atoms with van der Waals surface area (Å²) in [6, 6.07) is 7.51. The molecule has 2 aliphatic heterocycles. The topological polar surface area (TPSA) is 85.9 Å². The maximum atomic E-state index is 14.4. The van der Waals surface area contributed by atoms with E-state index in [1.165, 1.54) is 23.2 Å². The lowest BCUT2D eigenvalue weighted by Crippen LogP contribution is -2.42. The Labute approximate surface area is 191 Å². The van der Waals surface area contributed by atoms with Crippen LogP contribution in [0.2, 0.25) is 0 Å². The fourth-order valence-corrected chi connectivity index (χ4v) is 4.89. The maximum Gasteiger partial charge on any atom is 0.278 e. The summed E-state index contributed by atoms with van der Waals surface area (Å²) in [5, 5.41) is 13.2. The number of hydrogen-bond acceptors (Lipinski definition) is 5. The summed E-state index contributed by atoms with van der Waals surface area (Å²) in [6.45, 7) is 3.59. The van der Waals surface area contributed by atoms with Gasteiger partial charge in [0.25, 0.3) is 5.91 Å². The average Bonchev–Trinajstić information content (AvgIpc) is 3.08. The number of para-hydroxylation sites is 1. The van der Waals surface area contributed by atoms with Crippen LogP contribution in [0.3, 0.4) is 0 Å². The van der Waals surface area contributed by atoms with E-state index in [-0.39, 0.29) is 17.3 Å². The van der Waals surface area contributed by atoms with Crippen molar-refractivity contribution in [1.82, 2.24) is 29.4 Å². The highest BCUT2D eigenvalue weighted by Gasteiger charge is 2.31. The monoisotopic (exact) mass is 450 g/mol. The molecule has 172 valence electrons. The van der Waals surface area contributed by atoms with Crippen LogP contribution in [0.4, 0.5) is 4.39 Å². The van der Waals surface area contributed by atoms with Crippen molar-refractivity contribution >= 4 is 5.91 Å². The van der Waals surface area contributed by atoms with E-state index in [9.17, 15) is 14.0 Å². The number of rotatable bonds is 3. The summed E-state index contributed by atoms with van der Waals surface area (Å²) >= 11 is 0. The van der Waals surface area contributed by atoms with E-state index in [1.807, 2.05) is 0 Å². The lowest BCUT2D eigenvalue weighted by atomic mass is 9.96. The maximum absolute atomic E-state index is 14.4. The lowest BCUT2D eigenvalue weighted by Gasteiger charge is -2.32. The third-order valence-electron chi connectivity index (χ3n) is 6.60. The summed E-state index contributed by atoms with van der Waals surface area (Å²) in [4.78, 5) is 27.7. The van der Waals surface area contributed by atoms with E-state index in [2.05, 4.69) is 19.9 Å². The van der Waals surface area contributed by atoms with Gasteiger partial charge in [0.05, 0.1) is 0 Å². The molecule has 5 rings (SSSR count). The number of nitrogens with zero attached hydrogens (tertiary/aromatic N) is 6. The van der Waals surface area contributed by atoms with Gasteiger partial charge in [0.1, 0.15) is 23.2 Å². The third-order valence-corrected chi connectivity index (χ3v) is 6.60. The Morgan fingerprint density at radius 3 is 2.79 bits per heavy atom. The van der Waals surface area contributed by atoms with Gasteiger partial charge < -0.3 is 9.47 Å². The number of amides is 1. The van der Waals surface area contributed by atoms with Crippen LogP contribution in [0.1, 0.15) is 65.9 Å². The SMILES string of the molecule is Cc1cc(=O)c(C(=O)N2CCCC(c3nnc4n3CCCCC4)C2)nn1-c1ccccc1F. The van der Waals surface area contributed by atoms with Crippen LogP contribution >= 0.6 is 0 Å². The van der Waals surface area contributed by atoms with Crippen molar-refractivity contribution in [2.24, 2.45) is 0 Å². The van der Waals surface area contributed by atoms with Gasteiger partial charge in [-0.2, -0.15) is 5.10 Å². The first kappa shape index (κ1) is 21.5. The summed E-state index contributed by atoms with van der Waals surface area (Å²) in [5.74, 6) is 1.14. The van der Waals surface area contributed by atoms with E-state index in [4.69, 9.17) is 0 Å². The minimum absolute atomic E-state index is 0.0706. The molecule has 1 fully saturated rings. The second kappa shape index (κ2) is 8.88. The van der Waals surface area contributed by atoms with E-state index < -0.39 is 17.2 Å². The highest BCUT2D eigenvalue weighted by atomic mass is 19.1. The zero-order valence-electron chi connectivity index (χ0n) is 18.7. The molecule has 0 saturated carbocycles. The molecule has 2 aromatic heterocycles. The third kappa shape index (κ3) is 4.07. The quantitative estimate of drug-likeness (QED) is 0.612. The molecule has 0 bridgehead atoms. The summed E-state index contributed by atoms with van der Waals surface area (Å²) in [6.07, 6.45) is 6.09. The van der Waals surface area contributed by atoms with Gasteiger partial charge in [-0.15, -0.1) is 10.2 Å². The van der Waals surface area contributed by atoms with Crippen LogP contribution < -0.4 is 5.43 Å². The Bertz CT molecular complexity index is 1250. The Morgan fingerprint density at radius 1 is 1.09 bits per heavy atom. The molecule has 33 heavy (non-hydrogen) atoms. The number of fused-ring (bicyclic) bond motifs is 1. The molecule has 2 aliphatic rings. The summed E-state index contributed by atoms with van der Waals surface area (Å²) in [5.41, 5.74) is 0.0178. The fourth-order valence-electron chi connectivity index (χ4n) is 4.89. The molecule has 3 aromatic rings. The number of likely N-dealkylation sites (tertiary alicyclic amines) is 1. The number of piperidine rings is 1. The number of aromatic nitrogens is 5. The van der Waals surface area contributed by atoms with Crippen LogP contribution in [-0.4, -0.2) is 48.4 Å². The fraction of sp³-hybridized carbons (Fsp3) is 0.458. The van der Waals surface area contributed by atoms with Gasteiger partial charge in [-0.1, -0.05) is 18.6 Å².